The molecule has 0 aliphatic carbocycles. The number of methoxy groups -OCH3 is 1. The summed E-state index contributed by atoms with van der Waals surface area (Å²) >= 11 is 0. The number of fused-ring (bicyclic) bond motifs is 1. The maximum atomic E-state index is 14.0. The number of anilines is 2. The van der Waals surface area contributed by atoms with Gasteiger partial charge in [-0.15, -0.1) is 5.10 Å². The number of benzene rings is 1. The van der Waals surface area contributed by atoms with E-state index in [4.69, 9.17) is 4.74 Å². The standard InChI is InChI=1S/C21H18FN9O/c1-30-19(6-8-25-30)27-21-23-7-5-16(26-21)14-10-17-20(24-11-14)31(29-28-17)12-13-3-4-18(32-2)15(22)9-13/h3-11H,12H2,1-2H3,(H,23,26,27). The molecule has 0 saturated heterocycles. The van der Waals surface area contributed by atoms with Crippen molar-refractivity contribution in [2.75, 3.05) is 12.4 Å². The van der Waals surface area contributed by atoms with Gasteiger partial charge in [0.25, 0.3) is 0 Å². The molecule has 10 nitrogen and oxygen atoms in total. The summed E-state index contributed by atoms with van der Waals surface area (Å²) in [4.78, 5) is 13.3. The smallest absolute Gasteiger partial charge is 0.228 e. The van der Waals surface area contributed by atoms with Crippen molar-refractivity contribution in [3.8, 4) is 17.0 Å². The van der Waals surface area contributed by atoms with E-state index in [1.807, 2.05) is 19.2 Å². The normalized spacial score (nSPS) is 11.1. The fraction of sp³-hybridized carbons (Fsp3) is 0.143. The predicted octanol–water partition coefficient (Wildman–Crippen LogP) is 2.96. The van der Waals surface area contributed by atoms with Crippen molar-refractivity contribution in [2.45, 2.75) is 6.54 Å². The topological polar surface area (TPSA) is 108 Å². The number of pyridine rings is 1. The Bertz CT molecular complexity index is 1410. The van der Waals surface area contributed by atoms with E-state index in [-0.39, 0.29) is 5.75 Å². The molecule has 0 bridgehead atoms. The van der Waals surface area contributed by atoms with Crippen molar-refractivity contribution in [1.82, 2.24) is 39.7 Å². The van der Waals surface area contributed by atoms with Crippen LogP contribution in [0.2, 0.25) is 0 Å². The fourth-order valence-electron chi connectivity index (χ4n) is 3.28. The maximum absolute atomic E-state index is 14.0. The summed E-state index contributed by atoms with van der Waals surface area (Å²) in [7, 11) is 3.26. The van der Waals surface area contributed by atoms with Crippen LogP contribution in [-0.4, -0.2) is 46.8 Å². The third kappa shape index (κ3) is 3.71. The second-order valence-electron chi connectivity index (χ2n) is 7.01. The van der Waals surface area contributed by atoms with Gasteiger partial charge >= 0.3 is 0 Å². The number of nitrogens with zero attached hydrogens (tertiary/aromatic N) is 8. The summed E-state index contributed by atoms with van der Waals surface area (Å²) in [6.07, 6.45) is 5.06. The molecule has 0 spiro atoms. The van der Waals surface area contributed by atoms with E-state index in [0.717, 1.165) is 16.9 Å². The fourth-order valence-corrected chi connectivity index (χ4v) is 3.28. The van der Waals surface area contributed by atoms with Gasteiger partial charge in [0.15, 0.2) is 17.2 Å². The molecule has 4 aromatic heterocycles. The van der Waals surface area contributed by atoms with Gasteiger partial charge in [-0.3, -0.25) is 4.68 Å². The molecule has 0 amide bonds. The third-order valence-electron chi connectivity index (χ3n) is 4.91. The van der Waals surface area contributed by atoms with Gasteiger partial charge in [0.05, 0.1) is 25.5 Å². The number of hydrogen-bond acceptors (Lipinski definition) is 8. The molecule has 0 unspecified atom stereocenters. The van der Waals surface area contributed by atoms with Gasteiger partial charge in [-0.25, -0.2) is 24.0 Å². The Balaban J connectivity index is 1.41. The van der Waals surface area contributed by atoms with Gasteiger partial charge in [-0.2, -0.15) is 5.10 Å². The summed E-state index contributed by atoms with van der Waals surface area (Å²) in [6.45, 7) is 0.329. The zero-order valence-electron chi connectivity index (χ0n) is 17.3. The van der Waals surface area contributed by atoms with Gasteiger partial charge < -0.3 is 10.1 Å². The van der Waals surface area contributed by atoms with Crippen molar-refractivity contribution in [3.05, 3.63) is 66.4 Å². The lowest BCUT2D eigenvalue weighted by atomic mass is 10.2. The molecule has 1 aromatic carbocycles. The first-order valence-electron chi connectivity index (χ1n) is 9.71. The molecule has 0 radical (unpaired) electrons. The third-order valence-corrected chi connectivity index (χ3v) is 4.91. The molecule has 5 aromatic rings. The highest BCUT2D eigenvalue weighted by Gasteiger charge is 2.12. The maximum Gasteiger partial charge on any atom is 0.228 e. The van der Waals surface area contributed by atoms with Crippen LogP contribution in [0.5, 0.6) is 5.75 Å². The second kappa shape index (κ2) is 8.02. The first-order chi connectivity index (χ1) is 15.6. The molecule has 32 heavy (non-hydrogen) atoms. The van der Waals surface area contributed by atoms with Crippen LogP contribution in [0.1, 0.15) is 5.56 Å². The lowest BCUT2D eigenvalue weighted by molar-refractivity contribution is 0.386. The minimum Gasteiger partial charge on any atom is -0.494 e. The molecule has 0 aliphatic heterocycles. The van der Waals surface area contributed by atoms with Crippen molar-refractivity contribution in [3.63, 3.8) is 0 Å². The molecular weight excluding hydrogens is 413 g/mol. The predicted molar refractivity (Wildman–Crippen MR) is 115 cm³/mol. The molecule has 0 saturated carbocycles. The SMILES string of the molecule is COc1ccc(Cn2nnc3cc(-c4ccnc(Nc5ccnn5C)n4)cnc32)cc1F. The van der Waals surface area contributed by atoms with Crippen LogP contribution in [-0.2, 0) is 13.6 Å². The van der Waals surface area contributed by atoms with Gasteiger partial charge in [0, 0.05) is 31.1 Å². The molecular formula is C21H18FN9O. The van der Waals surface area contributed by atoms with E-state index < -0.39 is 5.82 Å². The zero-order chi connectivity index (χ0) is 22.1. The number of halogens is 1. The van der Waals surface area contributed by atoms with Crippen LogP contribution in [0.3, 0.4) is 0 Å². The van der Waals surface area contributed by atoms with E-state index in [1.165, 1.54) is 13.2 Å². The lowest BCUT2D eigenvalue weighted by Crippen LogP contribution is -2.04. The van der Waals surface area contributed by atoms with Crippen LogP contribution < -0.4 is 10.1 Å². The van der Waals surface area contributed by atoms with Gasteiger partial charge in [-0.05, 0) is 29.8 Å². The minimum absolute atomic E-state index is 0.196. The van der Waals surface area contributed by atoms with E-state index in [2.05, 4.69) is 35.7 Å². The Hall–Kier alpha value is -4.41. The van der Waals surface area contributed by atoms with Crippen LogP contribution in [0, 0.1) is 5.82 Å². The highest BCUT2D eigenvalue weighted by molar-refractivity contribution is 5.76. The summed E-state index contributed by atoms with van der Waals surface area (Å²) < 4.78 is 22.3. The number of aryl methyl sites for hydroxylation is 1. The van der Waals surface area contributed by atoms with Crippen molar-refractivity contribution >= 4 is 22.9 Å². The summed E-state index contributed by atoms with van der Waals surface area (Å²) in [5, 5.41) is 15.6. The number of aromatic nitrogens is 8. The van der Waals surface area contributed by atoms with Crippen LogP contribution in [0.25, 0.3) is 22.4 Å². The molecule has 0 fully saturated rings. The van der Waals surface area contributed by atoms with E-state index in [9.17, 15) is 4.39 Å². The largest absolute Gasteiger partial charge is 0.494 e. The van der Waals surface area contributed by atoms with Crippen LogP contribution in [0.15, 0.2) is 55.0 Å². The van der Waals surface area contributed by atoms with E-state index >= 15 is 0 Å². The molecule has 4 heterocycles. The summed E-state index contributed by atoms with van der Waals surface area (Å²) in [5.41, 5.74) is 3.38. The first kappa shape index (κ1) is 19.5. The Morgan fingerprint density at radius 1 is 1.09 bits per heavy atom. The Morgan fingerprint density at radius 3 is 2.78 bits per heavy atom. The zero-order valence-corrected chi connectivity index (χ0v) is 17.3. The number of hydrogen-bond donors (Lipinski definition) is 1. The quantitative estimate of drug-likeness (QED) is 0.437. The number of rotatable bonds is 6. The monoisotopic (exact) mass is 431 g/mol. The van der Waals surface area contributed by atoms with Crippen molar-refractivity contribution in [1.29, 1.82) is 0 Å². The van der Waals surface area contributed by atoms with Crippen LogP contribution >= 0.6 is 0 Å². The number of nitrogens with one attached hydrogen (secondary N) is 1. The minimum atomic E-state index is -0.427. The Morgan fingerprint density at radius 2 is 2.00 bits per heavy atom. The molecule has 0 atom stereocenters. The average Bonchev–Trinajstić information content (AvgIpc) is 3.39. The molecule has 0 aliphatic rings. The molecule has 160 valence electrons. The Labute approximate surface area is 181 Å². The van der Waals surface area contributed by atoms with Gasteiger partial charge in [-0.1, -0.05) is 11.3 Å². The van der Waals surface area contributed by atoms with Gasteiger partial charge in [0.2, 0.25) is 5.95 Å². The lowest BCUT2D eigenvalue weighted by Gasteiger charge is -2.07. The molecule has 1 N–H and O–H groups in total. The summed E-state index contributed by atoms with van der Waals surface area (Å²) in [6, 6.07) is 10.3. The molecule has 11 heteroatoms. The van der Waals surface area contributed by atoms with E-state index in [0.29, 0.717) is 29.4 Å². The Kier molecular flexibility index (Phi) is 4.90. The van der Waals surface area contributed by atoms with Crippen LogP contribution in [0.4, 0.5) is 16.2 Å². The van der Waals surface area contributed by atoms with E-state index in [1.54, 1.807) is 46.2 Å². The highest BCUT2D eigenvalue weighted by Crippen LogP contribution is 2.23. The van der Waals surface area contributed by atoms with Gasteiger partial charge in [0.1, 0.15) is 11.3 Å². The van der Waals surface area contributed by atoms with Crippen molar-refractivity contribution in [2.24, 2.45) is 7.05 Å². The van der Waals surface area contributed by atoms with Crippen molar-refractivity contribution < 1.29 is 9.13 Å². The number of ether oxygens (including phenoxy) is 1. The molecule has 5 rings (SSSR count). The highest BCUT2D eigenvalue weighted by atomic mass is 19.1. The average molecular weight is 431 g/mol. The summed E-state index contributed by atoms with van der Waals surface area (Å²) in [5.74, 6) is 0.982. The second-order valence-corrected chi connectivity index (χ2v) is 7.01. The first-order valence-corrected chi connectivity index (χ1v) is 9.71.